The average Bonchev–Trinajstić information content (AvgIpc) is 2.08. The van der Waals surface area contributed by atoms with Crippen LogP contribution in [0.25, 0.3) is 0 Å². The van der Waals surface area contributed by atoms with Crippen molar-refractivity contribution in [2.45, 2.75) is 25.8 Å². The number of carboxylic acid groups (broad SMARTS) is 1. The Morgan fingerprint density at radius 3 is 2.77 bits per heavy atom. The molecule has 1 saturated heterocycles. The van der Waals surface area contributed by atoms with Gasteiger partial charge in [0, 0.05) is 13.1 Å². The molecule has 5 heteroatoms. The van der Waals surface area contributed by atoms with Crippen molar-refractivity contribution in [3.63, 3.8) is 0 Å². The average molecular weight is 186 g/mol. The first kappa shape index (κ1) is 9.83. The molecule has 0 saturated carbocycles. The predicted octanol–water partition coefficient (Wildman–Crippen LogP) is 0.265. The second-order valence-corrected chi connectivity index (χ2v) is 3.09. The van der Waals surface area contributed by atoms with Crippen LogP contribution < -0.4 is 5.32 Å². The number of rotatable bonds is 4. The zero-order valence-electron chi connectivity index (χ0n) is 7.62. The summed E-state index contributed by atoms with van der Waals surface area (Å²) in [5.41, 5.74) is 0. The Kier molecular flexibility index (Phi) is 3.11. The third kappa shape index (κ3) is 2.11. The zero-order chi connectivity index (χ0) is 9.84. The lowest BCUT2D eigenvalue weighted by Crippen LogP contribution is -2.63. The molecule has 1 rings (SSSR count). The lowest BCUT2D eigenvalue weighted by atomic mass is 10.1. The van der Waals surface area contributed by atoms with Crippen LogP contribution in [0, 0.1) is 0 Å². The molecule has 2 N–H and O–H groups in total. The van der Waals surface area contributed by atoms with Crippen LogP contribution in [0.15, 0.2) is 0 Å². The number of hydrogen-bond acceptors (Lipinski definition) is 2. The van der Waals surface area contributed by atoms with E-state index >= 15 is 0 Å². The molecule has 74 valence electrons. The molecule has 0 radical (unpaired) electrons. The molecule has 1 heterocycles. The van der Waals surface area contributed by atoms with Crippen molar-refractivity contribution < 1.29 is 14.7 Å². The van der Waals surface area contributed by atoms with Crippen molar-refractivity contribution in [3.8, 4) is 0 Å². The minimum Gasteiger partial charge on any atom is -0.465 e. The normalized spacial score (nSPS) is 20.4. The van der Waals surface area contributed by atoms with Crippen molar-refractivity contribution in [2.75, 3.05) is 13.1 Å². The molecule has 0 aliphatic carbocycles. The topological polar surface area (TPSA) is 69.6 Å². The lowest BCUT2D eigenvalue weighted by molar-refractivity contribution is -0.132. The van der Waals surface area contributed by atoms with E-state index in [1.54, 1.807) is 0 Å². The van der Waals surface area contributed by atoms with Gasteiger partial charge in [-0.3, -0.25) is 9.69 Å². The summed E-state index contributed by atoms with van der Waals surface area (Å²) in [6, 6.07) is -0.455. The van der Waals surface area contributed by atoms with Gasteiger partial charge in [-0.15, -0.1) is 0 Å². The van der Waals surface area contributed by atoms with Crippen LogP contribution in [-0.4, -0.2) is 41.1 Å². The first-order chi connectivity index (χ1) is 6.16. The molecule has 0 aromatic heterocycles. The number of unbranched alkanes of at least 4 members (excludes halogenated alkanes) is 1. The fraction of sp³-hybridized carbons (Fsp3) is 0.750. The van der Waals surface area contributed by atoms with Gasteiger partial charge in [0.15, 0.2) is 0 Å². The summed E-state index contributed by atoms with van der Waals surface area (Å²) in [4.78, 5) is 22.9. The van der Waals surface area contributed by atoms with Gasteiger partial charge in [0.2, 0.25) is 5.91 Å². The lowest BCUT2D eigenvalue weighted by Gasteiger charge is -2.34. The summed E-state index contributed by atoms with van der Waals surface area (Å²) in [6.45, 7) is 2.89. The molecule has 0 spiro atoms. The highest BCUT2D eigenvalue weighted by atomic mass is 16.4. The molecule has 0 bridgehead atoms. The number of nitrogens with one attached hydrogen (secondary N) is 1. The maximum absolute atomic E-state index is 10.9. The van der Waals surface area contributed by atoms with Crippen LogP contribution in [0.2, 0.25) is 0 Å². The molecule has 0 aromatic carbocycles. The van der Waals surface area contributed by atoms with Gasteiger partial charge in [-0.25, -0.2) is 4.79 Å². The van der Waals surface area contributed by atoms with Gasteiger partial charge in [0.25, 0.3) is 0 Å². The molecular weight excluding hydrogens is 172 g/mol. The number of carbonyl (C=O) groups excluding carboxylic acids is 1. The summed E-state index contributed by atoms with van der Waals surface area (Å²) in [7, 11) is 0. The fourth-order valence-corrected chi connectivity index (χ4v) is 1.24. The van der Waals surface area contributed by atoms with Gasteiger partial charge in [-0.1, -0.05) is 13.3 Å². The molecule has 1 atom stereocenters. The van der Waals surface area contributed by atoms with Crippen molar-refractivity contribution >= 4 is 12.0 Å². The summed E-state index contributed by atoms with van der Waals surface area (Å²) in [5, 5.41) is 11.3. The van der Waals surface area contributed by atoms with Gasteiger partial charge in [-0.2, -0.15) is 0 Å². The number of amides is 2. The van der Waals surface area contributed by atoms with Crippen LogP contribution in [0.1, 0.15) is 19.8 Å². The van der Waals surface area contributed by atoms with Crippen molar-refractivity contribution in [1.82, 2.24) is 10.2 Å². The molecule has 0 aromatic rings. The minimum atomic E-state index is -1.01. The quantitative estimate of drug-likeness (QED) is 0.619. The zero-order valence-corrected chi connectivity index (χ0v) is 7.62. The maximum atomic E-state index is 10.9. The van der Waals surface area contributed by atoms with Crippen molar-refractivity contribution in [3.05, 3.63) is 0 Å². The van der Waals surface area contributed by atoms with Gasteiger partial charge < -0.3 is 10.4 Å². The van der Waals surface area contributed by atoms with Gasteiger partial charge in [0.05, 0.1) is 0 Å². The number of nitrogens with zero attached hydrogens (tertiary/aromatic N) is 1. The molecule has 1 aliphatic rings. The highest BCUT2D eigenvalue weighted by Gasteiger charge is 2.35. The standard InChI is InChI=1S/C8H14N2O3/c1-2-3-4-10(8(12)13)6-5-9-7(6)11/h6H,2-5H2,1H3,(H,9,11)(H,12,13)/t6-/m1/s1. The molecule has 0 unspecified atom stereocenters. The Bertz CT molecular complexity index is 217. The van der Waals surface area contributed by atoms with Crippen molar-refractivity contribution in [2.24, 2.45) is 0 Å². The minimum absolute atomic E-state index is 0.182. The Labute approximate surface area is 76.7 Å². The predicted molar refractivity (Wildman–Crippen MR) is 46.4 cm³/mol. The molecule has 5 nitrogen and oxygen atoms in total. The molecular formula is C8H14N2O3. The van der Waals surface area contributed by atoms with Crippen LogP contribution in [0.3, 0.4) is 0 Å². The third-order valence-corrected chi connectivity index (χ3v) is 2.15. The first-order valence-electron chi connectivity index (χ1n) is 4.44. The van der Waals surface area contributed by atoms with E-state index in [4.69, 9.17) is 5.11 Å². The van der Waals surface area contributed by atoms with Gasteiger partial charge in [-0.05, 0) is 6.42 Å². The third-order valence-electron chi connectivity index (χ3n) is 2.15. The fourth-order valence-electron chi connectivity index (χ4n) is 1.24. The highest BCUT2D eigenvalue weighted by molar-refractivity contribution is 5.90. The summed E-state index contributed by atoms with van der Waals surface area (Å²) >= 11 is 0. The van der Waals surface area contributed by atoms with Crippen LogP contribution in [-0.2, 0) is 4.79 Å². The number of hydrogen-bond donors (Lipinski definition) is 2. The van der Waals surface area contributed by atoms with E-state index in [2.05, 4.69) is 5.32 Å². The van der Waals surface area contributed by atoms with Crippen LogP contribution in [0.5, 0.6) is 0 Å². The van der Waals surface area contributed by atoms with Gasteiger partial charge in [0.1, 0.15) is 6.04 Å². The second kappa shape index (κ2) is 4.11. The van der Waals surface area contributed by atoms with E-state index in [0.717, 1.165) is 12.8 Å². The number of β-lactam (4-membered cyclic amide) rings is 1. The smallest absolute Gasteiger partial charge is 0.408 e. The summed E-state index contributed by atoms with van der Waals surface area (Å²) < 4.78 is 0. The second-order valence-electron chi connectivity index (χ2n) is 3.09. The molecule has 13 heavy (non-hydrogen) atoms. The van der Waals surface area contributed by atoms with Gasteiger partial charge >= 0.3 is 6.09 Å². The Morgan fingerprint density at radius 1 is 1.77 bits per heavy atom. The van der Waals surface area contributed by atoms with E-state index in [-0.39, 0.29) is 5.91 Å². The number of carbonyl (C=O) groups is 2. The van der Waals surface area contributed by atoms with E-state index in [9.17, 15) is 9.59 Å². The Morgan fingerprint density at radius 2 is 2.46 bits per heavy atom. The van der Waals surface area contributed by atoms with E-state index in [1.807, 2.05) is 6.92 Å². The largest absolute Gasteiger partial charge is 0.465 e. The maximum Gasteiger partial charge on any atom is 0.408 e. The van der Waals surface area contributed by atoms with E-state index < -0.39 is 12.1 Å². The molecule has 1 aliphatic heterocycles. The van der Waals surface area contributed by atoms with Crippen molar-refractivity contribution in [1.29, 1.82) is 0 Å². The van der Waals surface area contributed by atoms with E-state index in [0.29, 0.717) is 13.1 Å². The summed E-state index contributed by atoms with van der Waals surface area (Å²) in [6.07, 6.45) is 0.724. The Hall–Kier alpha value is -1.26. The van der Waals surface area contributed by atoms with E-state index in [1.165, 1.54) is 4.90 Å². The highest BCUT2D eigenvalue weighted by Crippen LogP contribution is 2.08. The monoisotopic (exact) mass is 186 g/mol. The van der Waals surface area contributed by atoms with Crippen LogP contribution >= 0.6 is 0 Å². The molecule has 2 amide bonds. The molecule has 1 fully saturated rings. The summed E-state index contributed by atoms with van der Waals surface area (Å²) in [5.74, 6) is -0.182. The van der Waals surface area contributed by atoms with Crippen LogP contribution in [0.4, 0.5) is 4.79 Å². The first-order valence-corrected chi connectivity index (χ1v) is 4.44. The Balaban J connectivity index is 2.46. The SMILES string of the molecule is CCCCN(C(=O)O)[C@@H]1CNC1=O.